The molecule has 0 saturated heterocycles. The maximum absolute atomic E-state index is 9.53. The van der Waals surface area contributed by atoms with E-state index in [1.54, 1.807) is 12.1 Å². The van der Waals surface area contributed by atoms with E-state index in [1.165, 1.54) is 0 Å². The number of para-hydroxylation sites is 1. The Hall–Kier alpha value is -1.44. The van der Waals surface area contributed by atoms with Crippen LogP contribution in [0.3, 0.4) is 0 Å². The van der Waals surface area contributed by atoms with Crippen LogP contribution in [0.4, 0.5) is 0 Å². The van der Waals surface area contributed by atoms with Gasteiger partial charge in [0, 0.05) is 5.56 Å². The molecule has 0 aliphatic carbocycles. The standard InChI is InChI=1S/C11H12O2/c1-11(2)7-6-8-4-3-5-9(12)10(8)13-11/h3-7,12H,1-2H3. The van der Waals surface area contributed by atoms with Crippen molar-refractivity contribution in [2.24, 2.45) is 0 Å². The number of ether oxygens (including phenoxy) is 1. The first-order chi connectivity index (χ1) is 6.08. The van der Waals surface area contributed by atoms with Crippen LogP contribution in [0.1, 0.15) is 19.4 Å². The van der Waals surface area contributed by atoms with Crippen molar-refractivity contribution >= 4 is 6.08 Å². The first kappa shape index (κ1) is 8.17. The molecule has 0 unspecified atom stereocenters. The van der Waals surface area contributed by atoms with Gasteiger partial charge in [-0.1, -0.05) is 18.2 Å². The van der Waals surface area contributed by atoms with Gasteiger partial charge in [0.1, 0.15) is 5.60 Å². The summed E-state index contributed by atoms with van der Waals surface area (Å²) in [5.41, 5.74) is 0.602. The van der Waals surface area contributed by atoms with E-state index in [0.29, 0.717) is 5.75 Å². The Kier molecular flexibility index (Phi) is 1.59. The molecule has 1 aliphatic heterocycles. The summed E-state index contributed by atoms with van der Waals surface area (Å²) in [4.78, 5) is 0. The molecule has 1 aromatic rings. The Labute approximate surface area is 77.5 Å². The first-order valence-corrected chi connectivity index (χ1v) is 4.29. The third-order valence-corrected chi connectivity index (χ3v) is 2.05. The van der Waals surface area contributed by atoms with E-state index < -0.39 is 0 Å². The van der Waals surface area contributed by atoms with Crippen molar-refractivity contribution in [3.63, 3.8) is 0 Å². The summed E-state index contributed by atoms with van der Waals surface area (Å²) < 4.78 is 5.61. The molecule has 0 atom stereocenters. The maximum atomic E-state index is 9.53. The molecule has 0 amide bonds. The van der Waals surface area contributed by atoms with E-state index in [9.17, 15) is 5.11 Å². The van der Waals surface area contributed by atoms with Crippen molar-refractivity contribution < 1.29 is 9.84 Å². The third-order valence-electron chi connectivity index (χ3n) is 2.05. The van der Waals surface area contributed by atoms with E-state index in [4.69, 9.17) is 4.74 Å². The van der Waals surface area contributed by atoms with Gasteiger partial charge in [-0.3, -0.25) is 0 Å². The Balaban J connectivity index is 2.54. The lowest BCUT2D eigenvalue weighted by Crippen LogP contribution is -2.27. The second-order valence-electron chi connectivity index (χ2n) is 3.73. The van der Waals surface area contributed by atoms with Crippen LogP contribution in [0, 0.1) is 0 Å². The normalized spacial score (nSPS) is 17.7. The molecule has 2 heteroatoms. The molecule has 2 rings (SSSR count). The molecule has 2 nitrogen and oxygen atoms in total. The zero-order chi connectivity index (χ0) is 9.47. The van der Waals surface area contributed by atoms with E-state index in [0.717, 1.165) is 5.56 Å². The van der Waals surface area contributed by atoms with Gasteiger partial charge in [0.05, 0.1) is 0 Å². The lowest BCUT2D eigenvalue weighted by Gasteiger charge is -2.28. The zero-order valence-electron chi connectivity index (χ0n) is 7.74. The highest BCUT2D eigenvalue weighted by molar-refractivity contribution is 5.64. The summed E-state index contributed by atoms with van der Waals surface area (Å²) in [6, 6.07) is 5.36. The van der Waals surface area contributed by atoms with Gasteiger partial charge in [-0.15, -0.1) is 0 Å². The number of hydrogen-bond donors (Lipinski definition) is 1. The summed E-state index contributed by atoms with van der Waals surface area (Å²) in [5.74, 6) is 0.782. The fourth-order valence-corrected chi connectivity index (χ4v) is 1.37. The van der Waals surface area contributed by atoms with Gasteiger partial charge >= 0.3 is 0 Å². The minimum absolute atomic E-state index is 0.204. The average Bonchev–Trinajstić information content (AvgIpc) is 2.06. The molecule has 1 heterocycles. The predicted molar refractivity (Wildman–Crippen MR) is 51.8 cm³/mol. The predicted octanol–water partition coefficient (Wildman–Crippen LogP) is 2.58. The highest BCUT2D eigenvalue weighted by atomic mass is 16.5. The highest BCUT2D eigenvalue weighted by Crippen LogP contribution is 2.37. The van der Waals surface area contributed by atoms with Gasteiger partial charge < -0.3 is 9.84 Å². The maximum Gasteiger partial charge on any atom is 0.169 e. The van der Waals surface area contributed by atoms with E-state index in [2.05, 4.69) is 0 Å². The number of rotatable bonds is 0. The zero-order valence-corrected chi connectivity index (χ0v) is 7.74. The monoisotopic (exact) mass is 176 g/mol. The Morgan fingerprint density at radius 3 is 2.85 bits per heavy atom. The fourth-order valence-electron chi connectivity index (χ4n) is 1.37. The number of phenolic OH excluding ortho intramolecular Hbond substituents is 1. The molecule has 0 bridgehead atoms. The van der Waals surface area contributed by atoms with E-state index in [-0.39, 0.29) is 11.4 Å². The van der Waals surface area contributed by atoms with Crippen molar-refractivity contribution in [1.29, 1.82) is 0 Å². The third kappa shape index (κ3) is 1.39. The van der Waals surface area contributed by atoms with Crippen LogP contribution in [0.15, 0.2) is 24.3 Å². The summed E-state index contributed by atoms with van der Waals surface area (Å²) in [5, 5.41) is 9.53. The summed E-state index contributed by atoms with van der Waals surface area (Å²) >= 11 is 0. The molecule has 1 N–H and O–H groups in total. The van der Waals surface area contributed by atoms with E-state index >= 15 is 0 Å². The Morgan fingerprint density at radius 1 is 1.31 bits per heavy atom. The van der Waals surface area contributed by atoms with Crippen LogP contribution >= 0.6 is 0 Å². The van der Waals surface area contributed by atoms with Crippen molar-refractivity contribution in [2.75, 3.05) is 0 Å². The molecular formula is C11H12O2. The molecule has 13 heavy (non-hydrogen) atoms. The van der Waals surface area contributed by atoms with Crippen LogP contribution in [0.25, 0.3) is 6.08 Å². The SMILES string of the molecule is CC1(C)C=Cc2cccc(O)c2O1. The number of fused-ring (bicyclic) bond motifs is 1. The molecular weight excluding hydrogens is 164 g/mol. The molecule has 0 aromatic heterocycles. The molecule has 68 valence electrons. The van der Waals surface area contributed by atoms with Gasteiger partial charge in [-0.25, -0.2) is 0 Å². The average molecular weight is 176 g/mol. The highest BCUT2D eigenvalue weighted by Gasteiger charge is 2.23. The van der Waals surface area contributed by atoms with Gasteiger partial charge in [-0.05, 0) is 26.0 Å². The van der Waals surface area contributed by atoms with Crippen molar-refractivity contribution in [2.45, 2.75) is 19.4 Å². The molecule has 0 spiro atoms. The smallest absolute Gasteiger partial charge is 0.169 e. The van der Waals surface area contributed by atoms with E-state index in [1.807, 2.05) is 32.1 Å². The summed E-state index contributed by atoms with van der Waals surface area (Å²) in [6.07, 6.45) is 3.95. The molecule has 0 fully saturated rings. The van der Waals surface area contributed by atoms with Crippen LogP contribution in [0.2, 0.25) is 0 Å². The van der Waals surface area contributed by atoms with Crippen LogP contribution in [-0.2, 0) is 0 Å². The first-order valence-electron chi connectivity index (χ1n) is 4.29. The van der Waals surface area contributed by atoms with Crippen LogP contribution in [0.5, 0.6) is 11.5 Å². The Morgan fingerprint density at radius 2 is 2.08 bits per heavy atom. The topological polar surface area (TPSA) is 29.5 Å². The summed E-state index contributed by atoms with van der Waals surface area (Å²) in [7, 11) is 0. The van der Waals surface area contributed by atoms with Crippen molar-refractivity contribution in [1.82, 2.24) is 0 Å². The minimum Gasteiger partial charge on any atom is -0.504 e. The van der Waals surface area contributed by atoms with Crippen molar-refractivity contribution in [3.05, 3.63) is 29.8 Å². The molecule has 0 saturated carbocycles. The number of hydrogen-bond acceptors (Lipinski definition) is 2. The van der Waals surface area contributed by atoms with Gasteiger partial charge in [0.2, 0.25) is 0 Å². The van der Waals surface area contributed by atoms with Crippen molar-refractivity contribution in [3.8, 4) is 11.5 Å². The van der Waals surface area contributed by atoms with Crippen LogP contribution in [-0.4, -0.2) is 10.7 Å². The lowest BCUT2D eigenvalue weighted by atomic mass is 10.0. The summed E-state index contributed by atoms with van der Waals surface area (Å²) in [6.45, 7) is 3.91. The fraction of sp³-hybridized carbons (Fsp3) is 0.273. The van der Waals surface area contributed by atoms with Gasteiger partial charge in [-0.2, -0.15) is 0 Å². The number of phenols is 1. The van der Waals surface area contributed by atoms with Crippen LogP contribution < -0.4 is 4.74 Å². The second-order valence-corrected chi connectivity index (χ2v) is 3.73. The molecule has 1 aliphatic rings. The van der Waals surface area contributed by atoms with Gasteiger partial charge in [0.25, 0.3) is 0 Å². The quantitative estimate of drug-likeness (QED) is 0.658. The van der Waals surface area contributed by atoms with Gasteiger partial charge in [0.15, 0.2) is 11.5 Å². The molecule has 0 radical (unpaired) electrons. The largest absolute Gasteiger partial charge is 0.504 e. The Bertz CT molecular complexity index is 364. The lowest BCUT2D eigenvalue weighted by molar-refractivity contribution is 0.153. The number of benzene rings is 1. The molecule has 1 aromatic carbocycles. The minimum atomic E-state index is -0.328. The second kappa shape index (κ2) is 2.52. The number of aromatic hydroxyl groups is 1.